The molecule has 0 radical (unpaired) electrons. The maximum absolute atomic E-state index is 12.0. The zero-order chi connectivity index (χ0) is 13.7. The van der Waals surface area contributed by atoms with Crippen LogP contribution in [0.15, 0.2) is 0 Å². The molecule has 2 saturated heterocycles. The molecule has 3 rings (SSSR count). The van der Waals surface area contributed by atoms with Crippen molar-refractivity contribution in [1.29, 1.82) is 0 Å². The van der Waals surface area contributed by atoms with Crippen LogP contribution in [0.4, 0.5) is 4.79 Å². The second-order valence-corrected chi connectivity index (χ2v) is 6.92. The minimum absolute atomic E-state index is 0.191. The van der Waals surface area contributed by atoms with Gasteiger partial charge in [0.25, 0.3) is 0 Å². The van der Waals surface area contributed by atoms with Crippen molar-refractivity contribution in [3.8, 4) is 0 Å². The van der Waals surface area contributed by atoms with E-state index in [1.165, 1.54) is 0 Å². The van der Waals surface area contributed by atoms with Crippen molar-refractivity contribution < 1.29 is 19.0 Å². The van der Waals surface area contributed by atoms with Gasteiger partial charge in [-0.3, -0.25) is 0 Å². The van der Waals surface area contributed by atoms with Crippen molar-refractivity contribution in [2.75, 3.05) is 26.3 Å². The number of likely N-dealkylation sites (tertiary alicyclic amines) is 1. The van der Waals surface area contributed by atoms with Gasteiger partial charge in [-0.15, -0.1) is 0 Å². The van der Waals surface area contributed by atoms with Gasteiger partial charge in [-0.1, -0.05) is 0 Å². The van der Waals surface area contributed by atoms with Crippen molar-refractivity contribution in [3.63, 3.8) is 0 Å². The van der Waals surface area contributed by atoms with Crippen molar-refractivity contribution >= 4 is 6.09 Å². The summed E-state index contributed by atoms with van der Waals surface area (Å²) in [5.41, 5.74) is -0.423. The highest BCUT2D eigenvalue weighted by atomic mass is 16.7. The van der Waals surface area contributed by atoms with Crippen molar-refractivity contribution in [1.82, 2.24) is 4.90 Å². The van der Waals surface area contributed by atoms with E-state index in [4.69, 9.17) is 14.2 Å². The molecule has 5 nitrogen and oxygen atoms in total. The molecule has 2 aliphatic heterocycles. The van der Waals surface area contributed by atoms with Crippen LogP contribution in [0.2, 0.25) is 0 Å². The van der Waals surface area contributed by atoms with E-state index in [-0.39, 0.29) is 11.9 Å². The Bertz CT molecular complexity index is 354. The summed E-state index contributed by atoms with van der Waals surface area (Å²) in [6.07, 6.45) is 1.64. The van der Waals surface area contributed by atoms with E-state index in [0.717, 1.165) is 25.9 Å². The Labute approximate surface area is 114 Å². The molecule has 3 aliphatic rings. The molecule has 0 aromatic heterocycles. The van der Waals surface area contributed by atoms with Crippen LogP contribution in [0, 0.1) is 11.8 Å². The highest BCUT2D eigenvalue weighted by molar-refractivity contribution is 5.68. The quantitative estimate of drug-likeness (QED) is 0.675. The van der Waals surface area contributed by atoms with Gasteiger partial charge < -0.3 is 19.1 Å². The lowest BCUT2D eigenvalue weighted by Crippen LogP contribution is -2.37. The highest BCUT2D eigenvalue weighted by Crippen LogP contribution is 2.48. The number of hydrogen-bond acceptors (Lipinski definition) is 4. The molecule has 2 atom stereocenters. The molecule has 108 valence electrons. The number of amides is 1. The van der Waals surface area contributed by atoms with Crippen LogP contribution in [0.25, 0.3) is 0 Å². The van der Waals surface area contributed by atoms with E-state index in [9.17, 15) is 4.79 Å². The molecule has 5 heteroatoms. The maximum atomic E-state index is 12.0. The lowest BCUT2D eigenvalue weighted by Gasteiger charge is -2.27. The van der Waals surface area contributed by atoms with Gasteiger partial charge in [0.1, 0.15) is 5.60 Å². The summed E-state index contributed by atoms with van der Waals surface area (Å²) in [6.45, 7) is 8.65. The first-order valence-electron chi connectivity index (χ1n) is 7.13. The highest BCUT2D eigenvalue weighted by Gasteiger charge is 2.53. The van der Waals surface area contributed by atoms with Gasteiger partial charge >= 0.3 is 6.09 Å². The fourth-order valence-corrected chi connectivity index (χ4v) is 3.49. The number of rotatable bonds is 0. The van der Waals surface area contributed by atoms with E-state index in [0.29, 0.717) is 25.0 Å². The Balaban J connectivity index is 1.57. The Kier molecular flexibility index (Phi) is 3.02. The summed E-state index contributed by atoms with van der Waals surface area (Å²) in [5.74, 6) is 0.645. The first kappa shape index (κ1) is 13.2. The van der Waals surface area contributed by atoms with Gasteiger partial charge in [0, 0.05) is 25.9 Å². The van der Waals surface area contributed by atoms with E-state index in [2.05, 4.69) is 0 Å². The molecule has 0 unspecified atom stereocenters. The molecule has 0 N–H and O–H groups in total. The molecule has 3 fully saturated rings. The van der Waals surface area contributed by atoms with Crippen molar-refractivity contribution in [2.24, 2.45) is 11.8 Å². The molecule has 1 spiro atoms. The summed E-state index contributed by atoms with van der Waals surface area (Å²) in [5, 5.41) is 0. The third-order valence-electron chi connectivity index (χ3n) is 4.19. The van der Waals surface area contributed by atoms with Gasteiger partial charge in [0.2, 0.25) is 0 Å². The van der Waals surface area contributed by atoms with Crippen LogP contribution in [-0.2, 0) is 14.2 Å². The molecule has 1 saturated carbocycles. The summed E-state index contributed by atoms with van der Waals surface area (Å²) >= 11 is 0. The third kappa shape index (κ3) is 2.58. The summed E-state index contributed by atoms with van der Waals surface area (Å²) < 4.78 is 16.9. The SMILES string of the molecule is CC(C)(C)OC(=O)N1C[C@@H]2CC3(C[C@@H]2C1)OCCO3. The topological polar surface area (TPSA) is 48.0 Å². The molecule has 0 bridgehead atoms. The van der Waals surface area contributed by atoms with Gasteiger partial charge in [-0.05, 0) is 32.6 Å². The summed E-state index contributed by atoms with van der Waals surface area (Å²) in [7, 11) is 0. The average molecular weight is 269 g/mol. The van der Waals surface area contributed by atoms with Crippen molar-refractivity contribution in [2.45, 2.75) is 45.0 Å². The first-order chi connectivity index (χ1) is 8.87. The summed E-state index contributed by atoms with van der Waals surface area (Å²) in [4.78, 5) is 13.9. The second kappa shape index (κ2) is 4.35. The van der Waals surface area contributed by atoms with Crippen LogP contribution in [0.3, 0.4) is 0 Å². The monoisotopic (exact) mass is 269 g/mol. The zero-order valence-electron chi connectivity index (χ0n) is 12.0. The largest absolute Gasteiger partial charge is 0.444 e. The lowest BCUT2D eigenvalue weighted by molar-refractivity contribution is -0.156. The van der Waals surface area contributed by atoms with Crippen molar-refractivity contribution in [3.05, 3.63) is 0 Å². The van der Waals surface area contributed by atoms with Crippen LogP contribution in [-0.4, -0.2) is 48.7 Å². The molecule has 2 heterocycles. The molecule has 1 amide bonds. The van der Waals surface area contributed by atoms with Crippen LogP contribution in [0.5, 0.6) is 0 Å². The Morgan fingerprint density at radius 2 is 1.68 bits per heavy atom. The minimum atomic E-state index is -0.423. The Morgan fingerprint density at radius 1 is 1.16 bits per heavy atom. The third-order valence-corrected chi connectivity index (χ3v) is 4.19. The number of carbonyl (C=O) groups is 1. The summed E-state index contributed by atoms with van der Waals surface area (Å²) in [6, 6.07) is 0. The fraction of sp³-hybridized carbons (Fsp3) is 0.929. The first-order valence-corrected chi connectivity index (χ1v) is 7.13. The van der Waals surface area contributed by atoms with Crippen LogP contribution < -0.4 is 0 Å². The number of hydrogen-bond donors (Lipinski definition) is 0. The van der Waals surface area contributed by atoms with Gasteiger partial charge in [0.05, 0.1) is 13.2 Å². The van der Waals surface area contributed by atoms with Crippen LogP contribution >= 0.6 is 0 Å². The molecule has 1 aliphatic carbocycles. The Morgan fingerprint density at radius 3 is 2.16 bits per heavy atom. The van der Waals surface area contributed by atoms with Gasteiger partial charge in [0.15, 0.2) is 5.79 Å². The molecular formula is C14H23NO4. The number of fused-ring (bicyclic) bond motifs is 1. The molecule has 0 aromatic carbocycles. The normalized spacial score (nSPS) is 32.9. The predicted molar refractivity (Wildman–Crippen MR) is 68.7 cm³/mol. The molecule has 0 aromatic rings. The molecule has 19 heavy (non-hydrogen) atoms. The smallest absolute Gasteiger partial charge is 0.410 e. The fourth-order valence-electron chi connectivity index (χ4n) is 3.49. The van der Waals surface area contributed by atoms with E-state index in [1.54, 1.807) is 0 Å². The molecular weight excluding hydrogens is 246 g/mol. The van der Waals surface area contributed by atoms with Crippen LogP contribution in [0.1, 0.15) is 33.6 Å². The number of carbonyl (C=O) groups excluding carboxylic acids is 1. The standard InChI is InChI=1S/C14H23NO4/c1-13(2,3)19-12(16)15-8-10-6-14(7-11(10)9-15)17-4-5-18-14/h10-11H,4-9H2,1-3H3/t10-,11+. The number of nitrogens with zero attached hydrogens (tertiary/aromatic N) is 1. The van der Waals surface area contributed by atoms with Gasteiger partial charge in [-0.25, -0.2) is 4.79 Å². The zero-order valence-corrected chi connectivity index (χ0v) is 12.0. The average Bonchev–Trinajstić information content (AvgIpc) is 2.91. The second-order valence-electron chi connectivity index (χ2n) is 6.92. The van der Waals surface area contributed by atoms with E-state index in [1.807, 2.05) is 25.7 Å². The number of ether oxygens (including phenoxy) is 3. The van der Waals surface area contributed by atoms with E-state index < -0.39 is 5.60 Å². The van der Waals surface area contributed by atoms with Gasteiger partial charge in [-0.2, -0.15) is 0 Å². The predicted octanol–water partition coefficient (Wildman–Crippen LogP) is 2.01. The Hall–Kier alpha value is -0.810. The maximum Gasteiger partial charge on any atom is 0.410 e. The lowest BCUT2D eigenvalue weighted by atomic mass is 10.0. The van der Waals surface area contributed by atoms with E-state index >= 15 is 0 Å². The minimum Gasteiger partial charge on any atom is -0.444 e.